The fourth-order valence-electron chi connectivity index (χ4n) is 5.82. The first kappa shape index (κ1) is 26.1. The number of rotatable bonds is 10. The van der Waals surface area contributed by atoms with Gasteiger partial charge in [0, 0.05) is 5.92 Å². The van der Waals surface area contributed by atoms with Crippen LogP contribution in [0.25, 0.3) is 0 Å². The third kappa shape index (κ3) is 8.01. The molecule has 0 amide bonds. The maximum atomic E-state index is 14.5. The van der Waals surface area contributed by atoms with Gasteiger partial charge in [-0.25, -0.2) is 4.39 Å². The third-order valence-electron chi connectivity index (χ3n) is 8.01. The molecule has 2 aliphatic rings. The molecule has 0 N–H and O–H groups in total. The predicted molar refractivity (Wildman–Crippen MR) is 133 cm³/mol. The molecule has 1 aromatic carbocycles. The van der Waals surface area contributed by atoms with E-state index in [-0.39, 0.29) is 11.3 Å². The van der Waals surface area contributed by atoms with Crippen LogP contribution in [-0.4, -0.2) is 6.61 Å². The van der Waals surface area contributed by atoms with E-state index < -0.39 is 11.6 Å². The maximum Gasteiger partial charge on any atom is 0.201 e. The minimum atomic E-state index is -0.910. The Morgan fingerprint density at radius 1 is 0.788 bits per heavy atom. The van der Waals surface area contributed by atoms with Gasteiger partial charge >= 0.3 is 0 Å². The largest absolute Gasteiger partial charge is 0.490 e. The van der Waals surface area contributed by atoms with Crippen molar-refractivity contribution < 1.29 is 13.5 Å². The Hall–Kier alpha value is -1.56. The first-order valence-electron chi connectivity index (χ1n) is 13.7. The van der Waals surface area contributed by atoms with E-state index in [4.69, 9.17) is 4.74 Å². The highest BCUT2D eigenvalue weighted by atomic mass is 19.2. The lowest BCUT2D eigenvalue weighted by molar-refractivity contribution is 0.153. The average molecular weight is 459 g/mol. The molecular formula is C30H44F2O. The molecule has 0 radical (unpaired) electrons. The molecule has 3 rings (SSSR count). The second kappa shape index (κ2) is 14.0. The van der Waals surface area contributed by atoms with Crippen LogP contribution in [0.15, 0.2) is 12.1 Å². The number of benzene rings is 1. The van der Waals surface area contributed by atoms with Crippen molar-refractivity contribution in [3.8, 4) is 17.6 Å². The molecule has 2 fully saturated rings. The van der Waals surface area contributed by atoms with Crippen LogP contribution in [0.5, 0.6) is 5.75 Å². The lowest BCUT2D eigenvalue weighted by Gasteiger charge is -2.37. The minimum Gasteiger partial charge on any atom is -0.490 e. The summed E-state index contributed by atoms with van der Waals surface area (Å²) in [6, 6.07) is 3.08. The second-order valence-electron chi connectivity index (χ2n) is 10.5. The van der Waals surface area contributed by atoms with Gasteiger partial charge in [-0.15, -0.1) is 0 Å². The fourth-order valence-corrected chi connectivity index (χ4v) is 5.82. The lowest BCUT2D eigenvalue weighted by Crippen LogP contribution is -2.25. The zero-order valence-corrected chi connectivity index (χ0v) is 20.9. The van der Waals surface area contributed by atoms with E-state index in [0.29, 0.717) is 12.5 Å². The molecule has 1 aromatic rings. The molecule has 0 bridgehead atoms. The van der Waals surface area contributed by atoms with Crippen LogP contribution in [0.2, 0.25) is 0 Å². The van der Waals surface area contributed by atoms with Gasteiger partial charge in [-0.1, -0.05) is 77.1 Å². The summed E-state index contributed by atoms with van der Waals surface area (Å²) in [5.41, 5.74) is 0.150. The van der Waals surface area contributed by atoms with Gasteiger partial charge in [0.2, 0.25) is 5.82 Å². The van der Waals surface area contributed by atoms with Gasteiger partial charge in [0.15, 0.2) is 11.6 Å². The molecule has 33 heavy (non-hydrogen) atoms. The molecule has 2 aliphatic carbocycles. The summed E-state index contributed by atoms with van der Waals surface area (Å²) in [5.74, 6) is 7.41. The molecule has 0 aliphatic heterocycles. The molecule has 0 saturated heterocycles. The quantitative estimate of drug-likeness (QED) is 0.251. The Morgan fingerprint density at radius 3 is 2.09 bits per heavy atom. The Morgan fingerprint density at radius 2 is 1.42 bits per heavy atom. The molecular weight excluding hydrogens is 414 g/mol. The van der Waals surface area contributed by atoms with Crippen LogP contribution in [0.3, 0.4) is 0 Å². The van der Waals surface area contributed by atoms with Gasteiger partial charge in [-0.3, -0.25) is 0 Å². The van der Waals surface area contributed by atoms with Crippen molar-refractivity contribution >= 4 is 0 Å². The number of hydrogen-bond acceptors (Lipinski definition) is 1. The van der Waals surface area contributed by atoms with Crippen molar-refractivity contribution in [2.75, 3.05) is 6.61 Å². The van der Waals surface area contributed by atoms with Gasteiger partial charge in [0.25, 0.3) is 0 Å². The molecule has 0 unspecified atom stereocenters. The Bertz CT molecular complexity index is 761. The van der Waals surface area contributed by atoms with Crippen molar-refractivity contribution in [2.24, 2.45) is 23.7 Å². The van der Waals surface area contributed by atoms with E-state index in [1.807, 2.05) is 0 Å². The van der Waals surface area contributed by atoms with Crippen molar-refractivity contribution in [2.45, 2.75) is 110 Å². The zero-order valence-electron chi connectivity index (χ0n) is 20.9. The van der Waals surface area contributed by atoms with Crippen LogP contribution in [0.4, 0.5) is 8.78 Å². The van der Waals surface area contributed by atoms with Crippen LogP contribution in [0.1, 0.15) is 116 Å². The van der Waals surface area contributed by atoms with E-state index in [0.717, 1.165) is 49.9 Å². The predicted octanol–water partition coefficient (Wildman–Crippen LogP) is 9.08. The van der Waals surface area contributed by atoms with Crippen molar-refractivity contribution in [1.82, 2.24) is 0 Å². The summed E-state index contributed by atoms with van der Waals surface area (Å²) >= 11 is 0. The van der Waals surface area contributed by atoms with Gasteiger partial charge in [0.05, 0.1) is 12.2 Å². The smallest absolute Gasteiger partial charge is 0.201 e. The zero-order chi connectivity index (χ0) is 23.5. The highest BCUT2D eigenvalue weighted by Crippen LogP contribution is 2.42. The van der Waals surface area contributed by atoms with E-state index in [9.17, 15) is 8.78 Å². The van der Waals surface area contributed by atoms with E-state index in [1.54, 1.807) is 6.07 Å². The summed E-state index contributed by atoms with van der Waals surface area (Å²) in [7, 11) is 0. The normalized spacial score (nSPS) is 25.3. The summed E-state index contributed by atoms with van der Waals surface area (Å²) in [6.07, 6.45) is 18.8. The SMILES string of the molecule is CCCCCOc1ccc(C#C[C@H]2CC[C@H]([C@H]3CC[C@H](CCCCC)CC3)CC2)c(F)c1F. The Kier molecular flexibility index (Phi) is 11.0. The monoisotopic (exact) mass is 458 g/mol. The highest BCUT2D eigenvalue weighted by molar-refractivity contribution is 5.41. The molecule has 2 saturated carbocycles. The molecule has 3 heteroatoms. The average Bonchev–Trinajstić information content (AvgIpc) is 2.85. The summed E-state index contributed by atoms with van der Waals surface area (Å²) in [6.45, 7) is 4.80. The van der Waals surface area contributed by atoms with Crippen LogP contribution < -0.4 is 4.74 Å². The van der Waals surface area contributed by atoms with E-state index in [2.05, 4.69) is 25.7 Å². The van der Waals surface area contributed by atoms with Crippen LogP contribution in [-0.2, 0) is 0 Å². The van der Waals surface area contributed by atoms with Gasteiger partial charge in [-0.05, 0) is 74.8 Å². The minimum absolute atomic E-state index is 0.00486. The van der Waals surface area contributed by atoms with Crippen molar-refractivity contribution in [3.05, 3.63) is 29.3 Å². The second-order valence-corrected chi connectivity index (χ2v) is 10.5. The number of hydrogen-bond donors (Lipinski definition) is 0. The Labute approximate surface area is 201 Å². The van der Waals surface area contributed by atoms with Crippen LogP contribution in [0, 0.1) is 47.1 Å². The Balaban J connectivity index is 1.43. The van der Waals surface area contributed by atoms with Gasteiger partial charge in [-0.2, -0.15) is 4.39 Å². The lowest BCUT2D eigenvalue weighted by atomic mass is 9.69. The molecule has 0 atom stereocenters. The summed E-state index contributed by atoms with van der Waals surface area (Å²) < 4.78 is 34.2. The summed E-state index contributed by atoms with van der Waals surface area (Å²) in [5, 5.41) is 0. The number of unbranched alkanes of at least 4 members (excludes halogenated alkanes) is 4. The third-order valence-corrected chi connectivity index (χ3v) is 8.01. The standard InChI is InChI=1S/C30H44F2O/c1-3-5-7-9-23-10-15-25(16-11-23)26-17-12-24(13-18-26)14-19-27-20-21-28(30(32)29(27)31)33-22-8-6-4-2/h20-21,23-26H,3-13,15-18,22H2,1-2H3/t23-,24-,25-,26-. The first-order chi connectivity index (χ1) is 16.1. The van der Waals surface area contributed by atoms with E-state index in [1.165, 1.54) is 70.3 Å². The molecule has 1 nitrogen and oxygen atoms in total. The van der Waals surface area contributed by atoms with E-state index >= 15 is 0 Å². The fraction of sp³-hybridized carbons (Fsp3) is 0.733. The molecule has 184 valence electrons. The molecule has 0 spiro atoms. The first-order valence-corrected chi connectivity index (χ1v) is 13.7. The maximum absolute atomic E-state index is 14.5. The van der Waals surface area contributed by atoms with Crippen molar-refractivity contribution in [1.29, 1.82) is 0 Å². The van der Waals surface area contributed by atoms with Crippen LogP contribution >= 0.6 is 0 Å². The summed E-state index contributed by atoms with van der Waals surface area (Å²) in [4.78, 5) is 0. The van der Waals surface area contributed by atoms with Gasteiger partial charge in [0.1, 0.15) is 0 Å². The molecule has 0 heterocycles. The number of halogens is 2. The molecule has 0 aromatic heterocycles. The van der Waals surface area contributed by atoms with Gasteiger partial charge < -0.3 is 4.74 Å². The van der Waals surface area contributed by atoms with Crippen molar-refractivity contribution in [3.63, 3.8) is 0 Å². The topological polar surface area (TPSA) is 9.23 Å². The highest BCUT2D eigenvalue weighted by Gasteiger charge is 2.30. The number of ether oxygens (including phenoxy) is 1.